The summed E-state index contributed by atoms with van der Waals surface area (Å²) in [4.78, 5) is 17.0. The number of aromatic nitrogens is 3. The van der Waals surface area contributed by atoms with Crippen LogP contribution in [0.4, 0.5) is 5.95 Å². The monoisotopic (exact) mass is 421 g/mol. The first-order chi connectivity index (χ1) is 14.9. The molecule has 2 aromatic carbocycles. The molecular weight excluding hydrogens is 398 g/mol. The molecule has 4 rings (SSSR count). The topological polar surface area (TPSA) is 125 Å². The third-order valence-corrected chi connectivity index (χ3v) is 5.05. The molecule has 1 aliphatic heterocycles. The summed E-state index contributed by atoms with van der Waals surface area (Å²) in [5, 5.41) is 17.3. The Morgan fingerprint density at radius 1 is 1.23 bits per heavy atom. The lowest BCUT2D eigenvalue weighted by molar-refractivity contribution is -0.115. The van der Waals surface area contributed by atoms with Gasteiger partial charge < -0.3 is 25.6 Å². The van der Waals surface area contributed by atoms with Crippen molar-refractivity contribution in [3.8, 4) is 28.6 Å². The van der Waals surface area contributed by atoms with Crippen LogP contribution in [0.2, 0.25) is 0 Å². The SMILES string of the molecule is CCOc1ccc(C2C(C(N)=O)=C(C)Nc3nc(-c4ccc(O)cc4)nn32)cc1OC. The van der Waals surface area contributed by atoms with Crippen molar-refractivity contribution in [2.24, 2.45) is 5.73 Å². The number of nitrogens with two attached hydrogens (primary N) is 1. The summed E-state index contributed by atoms with van der Waals surface area (Å²) in [6, 6.07) is 11.4. The van der Waals surface area contributed by atoms with Crippen molar-refractivity contribution in [2.45, 2.75) is 19.9 Å². The molecule has 1 atom stereocenters. The van der Waals surface area contributed by atoms with Gasteiger partial charge in [0.05, 0.1) is 19.3 Å². The molecule has 3 aromatic rings. The highest BCUT2D eigenvalue weighted by Crippen LogP contribution is 2.39. The van der Waals surface area contributed by atoms with Crippen LogP contribution in [-0.4, -0.2) is 39.5 Å². The number of benzene rings is 2. The van der Waals surface area contributed by atoms with Gasteiger partial charge in [0.25, 0.3) is 0 Å². The molecule has 160 valence electrons. The number of methoxy groups -OCH3 is 1. The van der Waals surface area contributed by atoms with Crippen LogP contribution in [0, 0.1) is 0 Å². The highest BCUT2D eigenvalue weighted by atomic mass is 16.5. The first kappa shape index (κ1) is 20.3. The third kappa shape index (κ3) is 3.65. The van der Waals surface area contributed by atoms with Crippen LogP contribution in [-0.2, 0) is 4.79 Å². The molecule has 4 N–H and O–H groups in total. The van der Waals surface area contributed by atoms with Crippen LogP contribution >= 0.6 is 0 Å². The van der Waals surface area contributed by atoms with E-state index in [1.807, 2.05) is 19.1 Å². The molecule has 0 saturated carbocycles. The number of hydrogen-bond donors (Lipinski definition) is 3. The number of hydrogen-bond acceptors (Lipinski definition) is 7. The number of primary amides is 1. The van der Waals surface area contributed by atoms with Crippen molar-refractivity contribution in [3.05, 3.63) is 59.3 Å². The molecule has 0 saturated heterocycles. The number of amides is 1. The second-order valence-electron chi connectivity index (χ2n) is 7.02. The molecular formula is C22H23N5O4. The first-order valence-electron chi connectivity index (χ1n) is 9.77. The molecule has 0 aliphatic carbocycles. The minimum atomic E-state index is -0.600. The lowest BCUT2D eigenvalue weighted by atomic mass is 9.95. The van der Waals surface area contributed by atoms with Crippen molar-refractivity contribution < 1.29 is 19.4 Å². The van der Waals surface area contributed by atoms with Gasteiger partial charge in [0, 0.05) is 11.3 Å². The number of phenolic OH excluding ortho intramolecular Hbond substituents is 1. The fraction of sp³-hybridized carbons (Fsp3) is 0.227. The van der Waals surface area contributed by atoms with Crippen molar-refractivity contribution >= 4 is 11.9 Å². The third-order valence-electron chi connectivity index (χ3n) is 5.05. The number of allylic oxidation sites excluding steroid dienone is 1. The summed E-state index contributed by atoms with van der Waals surface area (Å²) < 4.78 is 12.7. The molecule has 1 unspecified atom stereocenters. The number of fused-ring (bicyclic) bond motifs is 1. The number of rotatable bonds is 6. The van der Waals surface area contributed by atoms with Crippen LogP contribution in [0.15, 0.2) is 53.7 Å². The normalized spacial score (nSPS) is 15.3. The van der Waals surface area contributed by atoms with Crippen molar-refractivity contribution in [2.75, 3.05) is 19.0 Å². The lowest BCUT2D eigenvalue weighted by Gasteiger charge is -2.28. The summed E-state index contributed by atoms with van der Waals surface area (Å²) >= 11 is 0. The first-order valence-corrected chi connectivity index (χ1v) is 9.77. The largest absolute Gasteiger partial charge is 0.508 e. The van der Waals surface area contributed by atoms with E-state index in [1.54, 1.807) is 49.0 Å². The fourth-order valence-electron chi connectivity index (χ4n) is 3.64. The molecule has 1 amide bonds. The highest BCUT2D eigenvalue weighted by molar-refractivity contribution is 5.95. The fourth-order valence-corrected chi connectivity index (χ4v) is 3.64. The van der Waals surface area contributed by atoms with Gasteiger partial charge >= 0.3 is 0 Å². The molecule has 31 heavy (non-hydrogen) atoms. The number of carbonyl (C=O) groups excluding carboxylic acids is 1. The second-order valence-corrected chi connectivity index (χ2v) is 7.02. The van der Waals surface area contributed by atoms with Gasteiger partial charge in [0.2, 0.25) is 11.9 Å². The Morgan fingerprint density at radius 2 is 1.97 bits per heavy atom. The summed E-state index contributed by atoms with van der Waals surface area (Å²) in [6.45, 7) is 4.17. The molecule has 0 radical (unpaired) electrons. The predicted molar refractivity (Wildman–Crippen MR) is 115 cm³/mol. The number of phenols is 1. The van der Waals surface area contributed by atoms with Crippen LogP contribution in [0.3, 0.4) is 0 Å². The number of aromatic hydroxyl groups is 1. The zero-order valence-electron chi connectivity index (χ0n) is 17.4. The number of carbonyl (C=O) groups is 1. The maximum Gasteiger partial charge on any atom is 0.248 e. The zero-order chi connectivity index (χ0) is 22.1. The van der Waals surface area contributed by atoms with Gasteiger partial charge in [0.1, 0.15) is 11.8 Å². The van der Waals surface area contributed by atoms with E-state index < -0.39 is 11.9 Å². The minimum Gasteiger partial charge on any atom is -0.508 e. The molecule has 2 heterocycles. The van der Waals surface area contributed by atoms with E-state index in [0.29, 0.717) is 41.1 Å². The van der Waals surface area contributed by atoms with Crippen LogP contribution in [0.5, 0.6) is 17.2 Å². The second kappa shape index (κ2) is 8.02. The predicted octanol–water partition coefficient (Wildman–Crippen LogP) is 2.83. The Labute approximate surface area is 179 Å². The van der Waals surface area contributed by atoms with Crippen molar-refractivity contribution in [1.82, 2.24) is 14.8 Å². The maximum absolute atomic E-state index is 12.4. The Balaban J connectivity index is 1.86. The van der Waals surface area contributed by atoms with Crippen LogP contribution in [0.25, 0.3) is 11.4 Å². The average Bonchev–Trinajstić information content (AvgIpc) is 3.17. The van der Waals surface area contributed by atoms with E-state index in [2.05, 4.69) is 15.4 Å². The Morgan fingerprint density at radius 3 is 2.61 bits per heavy atom. The van der Waals surface area contributed by atoms with E-state index >= 15 is 0 Å². The number of anilines is 1. The van der Waals surface area contributed by atoms with Crippen LogP contribution in [0.1, 0.15) is 25.5 Å². The van der Waals surface area contributed by atoms with E-state index in [4.69, 9.17) is 15.2 Å². The minimum absolute atomic E-state index is 0.152. The molecule has 9 nitrogen and oxygen atoms in total. The zero-order valence-corrected chi connectivity index (χ0v) is 17.4. The molecule has 0 fully saturated rings. The summed E-state index contributed by atoms with van der Waals surface area (Å²) in [5.41, 5.74) is 8.19. The summed E-state index contributed by atoms with van der Waals surface area (Å²) in [6.07, 6.45) is 0. The molecule has 0 bridgehead atoms. The van der Waals surface area contributed by atoms with Gasteiger partial charge in [0.15, 0.2) is 17.3 Å². The van der Waals surface area contributed by atoms with E-state index in [1.165, 1.54) is 0 Å². The van der Waals surface area contributed by atoms with E-state index in [9.17, 15) is 9.90 Å². The summed E-state index contributed by atoms with van der Waals surface area (Å²) in [7, 11) is 1.56. The smallest absolute Gasteiger partial charge is 0.248 e. The molecule has 0 spiro atoms. The van der Waals surface area contributed by atoms with Crippen molar-refractivity contribution in [3.63, 3.8) is 0 Å². The van der Waals surface area contributed by atoms with Crippen LogP contribution < -0.4 is 20.5 Å². The summed E-state index contributed by atoms with van der Waals surface area (Å²) in [5.74, 6) is 1.66. The average molecular weight is 421 g/mol. The van der Waals surface area contributed by atoms with Gasteiger partial charge in [-0.05, 0) is 55.8 Å². The number of nitrogens with one attached hydrogen (secondary N) is 1. The quantitative estimate of drug-likeness (QED) is 0.559. The molecule has 1 aromatic heterocycles. The van der Waals surface area contributed by atoms with Gasteiger partial charge in [-0.2, -0.15) is 4.98 Å². The van der Waals surface area contributed by atoms with Gasteiger partial charge in [-0.1, -0.05) is 6.07 Å². The standard InChI is InChI=1S/C22H23N5O4/c1-4-31-16-10-7-14(11-17(16)30-3)19-18(20(23)29)12(2)24-22-25-21(26-27(19)22)13-5-8-15(28)9-6-13/h5-11,19,28H,4H2,1-3H3,(H2,23,29)(H,24,25,26). The maximum atomic E-state index is 12.4. The molecule has 1 aliphatic rings. The van der Waals surface area contributed by atoms with Gasteiger partial charge in [-0.25, -0.2) is 4.68 Å². The van der Waals surface area contributed by atoms with Gasteiger partial charge in [-0.3, -0.25) is 4.79 Å². The van der Waals surface area contributed by atoms with E-state index in [-0.39, 0.29) is 5.75 Å². The Bertz CT molecular complexity index is 1170. The Kier molecular flexibility index (Phi) is 5.24. The Hall–Kier alpha value is -4.01. The van der Waals surface area contributed by atoms with Gasteiger partial charge in [-0.15, -0.1) is 5.10 Å². The number of ether oxygens (including phenoxy) is 2. The highest BCUT2D eigenvalue weighted by Gasteiger charge is 2.34. The van der Waals surface area contributed by atoms with E-state index in [0.717, 1.165) is 11.1 Å². The number of nitrogens with zero attached hydrogens (tertiary/aromatic N) is 3. The molecule has 9 heteroatoms. The van der Waals surface area contributed by atoms with Crippen molar-refractivity contribution in [1.29, 1.82) is 0 Å². The lowest BCUT2D eigenvalue weighted by Crippen LogP contribution is -2.31.